The zero-order valence-corrected chi connectivity index (χ0v) is 12.4. The Kier molecular flexibility index (Phi) is 5.35. The number of primary sulfonamides is 1. The van der Waals surface area contributed by atoms with E-state index in [0.717, 1.165) is 0 Å². The Morgan fingerprint density at radius 1 is 1.45 bits per heavy atom. The normalized spacial score (nSPS) is 14.8. The third-order valence-electron chi connectivity index (χ3n) is 2.86. The Hall–Kier alpha value is -1.35. The summed E-state index contributed by atoms with van der Waals surface area (Å²) in [6.07, 6.45) is 0.464. The summed E-state index contributed by atoms with van der Waals surface area (Å²) in [6, 6.07) is 4.15. The molecule has 1 atom stereocenters. The second kappa shape index (κ2) is 6.40. The van der Waals surface area contributed by atoms with Crippen LogP contribution in [0, 0.1) is 0 Å². The van der Waals surface area contributed by atoms with E-state index >= 15 is 0 Å². The fraction of sp³-hybridized carbons (Fsp3) is 0.500. The number of nitrogens with one attached hydrogen (secondary N) is 1. The van der Waals surface area contributed by atoms with Crippen molar-refractivity contribution >= 4 is 21.4 Å². The lowest BCUT2D eigenvalue weighted by atomic mass is 10.0. The Labute approximate surface area is 119 Å². The number of hydrogen-bond donors (Lipinski definition) is 4. The monoisotopic (exact) mass is 303 g/mol. The molecule has 1 aromatic carbocycles. The van der Waals surface area contributed by atoms with Crippen LogP contribution in [0.2, 0.25) is 0 Å². The van der Waals surface area contributed by atoms with E-state index in [0.29, 0.717) is 18.7 Å². The van der Waals surface area contributed by atoms with E-state index in [1.54, 1.807) is 14.0 Å². The van der Waals surface area contributed by atoms with Crippen LogP contribution >= 0.6 is 0 Å². The molecule has 7 nitrogen and oxygen atoms in total. The molecule has 8 heteroatoms. The quantitative estimate of drug-likeness (QED) is 0.530. The molecule has 0 bridgehead atoms. The van der Waals surface area contributed by atoms with Gasteiger partial charge in [-0.15, -0.1) is 0 Å². The molecule has 0 radical (unpaired) electrons. The number of benzene rings is 1. The summed E-state index contributed by atoms with van der Waals surface area (Å²) < 4.78 is 27.3. The van der Waals surface area contributed by atoms with Gasteiger partial charge in [-0.2, -0.15) is 0 Å². The SMILES string of the molecule is COCCC(C)(O)CNc1ccc(S(N)(=O)=O)cc1N. The lowest BCUT2D eigenvalue weighted by Crippen LogP contribution is -2.34. The summed E-state index contributed by atoms with van der Waals surface area (Å²) in [4.78, 5) is -0.0494. The maximum Gasteiger partial charge on any atom is 0.238 e. The van der Waals surface area contributed by atoms with Crippen LogP contribution in [-0.2, 0) is 14.8 Å². The Balaban J connectivity index is 2.75. The molecule has 114 valence electrons. The van der Waals surface area contributed by atoms with Gasteiger partial charge in [-0.1, -0.05) is 0 Å². The number of nitrogens with two attached hydrogens (primary N) is 2. The fourth-order valence-electron chi connectivity index (χ4n) is 1.57. The van der Waals surface area contributed by atoms with Crippen molar-refractivity contribution in [3.63, 3.8) is 0 Å². The third kappa shape index (κ3) is 4.97. The molecule has 0 aliphatic heterocycles. The molecule has 0 aromatic heterocycles. The highest BCUT2D eigenvalue weighted by Crippen LogP contribution is 2.23. The van der Waals surface area contributed by atoms with E-state index in [1.807, 2.05) is 0 Å². The Bertz CT molecular complexity index is 558. The average molecular weight is 303 g/mol. The van der Waals surface area contributed by atoms with Crippen LogP contribution in [0.25, 0.3) is 0 Å². The molecule has 1 rings (SSSR count). The summed E-state index contributed by atoms with van der Waals surface area (Å²) >= 11 is 0. The molecular weight excluding hydrogens is 282 g/mol. The van der Waals surface area contributed by atoms with Gasteiger partial charge >= 0.3 is 0 Å². The van der Waals surface area contributed by atoms with Crippen molar-refractivity contribution in [3.8, 4) is 0 Å². The molecule has 0 fully saturated rings. The van der Waals surface area contributed by atoms with Crippen LogP contribution in [0.1, 0.15) is 13.3 Å². The molecule has 6 N–H and O–H groups in total. The van der Waals surface area contributed by atoms with Crippen molar-refractivity contribution in [2.45, 2.75) is 23.8 Å². The Morgan fingerprint density at radius 2 is 2.10 bits per heavy atom. The predicted molar refractivity (Wildman–Crippen MR) is 77.8 cm³/mol. The van der Waals surface area contributed by atoms with E-state index in [4.69, 9.17) is 15.6 Å². The van der Waals surface area contributed by atoms with E-state index in [1.165, 1.54) is 18.2 Å². The number of ether oxygens (including phenoxy) is 1. The zero-order valence-electron chi connectivity index (χ0n) is 11.6. The van der Waals surface area contributed by atoms with Crippen molar-refractivity contribution in [2.75, 3.05) is 31.3 Å². The van der Waals surface area contributed by atoms with Crippen LogP contribution < -0.4 is 16.2 Å². The van der Waals surface area contributed by atoms with Crippen molar-refractivity contribution in [1.29, 1.82) is 0 Å². The standard InChI is InChI=1S/C12H21N3O4S/c1-12(16,5-6-19-2)8-15-11-4-3-9(7-10(11)13)20(14,17)18/h3-4,7,15-16H,5-6,8,13H2,1-2H3,(H2,14,17,18). The molecule has 1 unspecified atom stereocenters. The van der Waals surface area contributed by atoms with Gasteiger partial charge in [0.15, 0.2) is 0 Å². The van der Waals surface area contributed by atoms with Gasteiger partial charge in [0.1, 0.15) is 0 Å². The van der Waals surface area contributed by atoms with Gasteiger partial charge in [0, 0.05) is 26.7 Å². The molecule has 0 heterocycles. The van der Waals surface area contributed by atoms with E-state index in [2.05, 4.69) is 5.32 Å². The number of methoxy groups -OCH3 is 1. The van der Waals surface area contributed by atoms with Gasteiger partial charge < -0.3 is 20.9 Å². The Morgan fingerprint density at radius 3 is 2.60 bits per heavy atom. The molecule has 0 aliphatic rings. The minimum Gasteiger partial charge on any atom is -0.397 e. The van der Waals surface area contributed by atoms with E-state index in [9.17, 15) is 13.5 Å². The molecule has 20 heavy (non-hydrogen) atoms. The first-order valence-corrected chi connectivity index (χ1v) is 7.58. The zero-order chi connectivity index (χ0) is 15.4. The fourth-order valence-corrected chi connectivity index (χ4v) is 2.12. The summed E-state index contributed by atoms with van der Waals surface area (Å²) in [5.74, 6) is 0. The highest BCUT2D eigenvalue weighted by molar-refractivity contribution is 7.89. The largest absolute Gasteiger partial charge is 0.397 e. The van der Waals surface area contributed by atoms with Gasteiger partial charge in [0.2, 0.25) is 10.0 Å². The van der Waals surface area contributed by atoms with Gasteiger partial charge in [-0.3, -0.25) is 0 Å². The molecule has 0 saturated heterocycles. The number of nitrogen functional groups attached to an aromatic ring is 1. The summed E-state index contributed by atoms with van der Waals surface area (Å²) in [5, 5.41) is 18.1. The number of hydrogen-bond acceptors (Lipinski definition) is 6. The minimum absolute atomic E-state index is 0.0494. The second-order valence-electron chi connectivity index (χ2n) is 4.89. The minimum atomic E-state index is -3.77. The van der Waals surface area contributed by atoms with Gasteiger partial charge in [-0.05, 0) is 25.1 Å². The van der Waals surface area contributed by atoms with Crippen molar-refractivity contribution < 1.29 is 18.3 Å². The van der Waals surface area contributed by atoms with Crippen LogP contribution in [0.3, 0.4) is 0 Å². The molecule has 0 spiro atoms. The summed E-state index contributed by atoms with van der Waals surface area (Å²) in [5.41, 5.74) is 5.59. The van der Waals surface area contributed by atoms with Crippen molar-refractivity contribution in [1.82, 2.24) is 0 Å². The molecule has 0 saturated carbocycles. The topological polar surface area (TPSA) is 128 Å². The first-order valence-electron chi connectivity index (χ1n) is 6.03. The van der Waals surface area contributed by atoms with Gasteiger partial charge in [-0.25, -0.2) is 13.6 Å². The maximum atomic E-state index is 11.2. The van der Waals surface area contributed by atoms with Crippen LogP contribution in [0.4, 0.5) is 11.4 Å². The summed E-state index contributed by atoms with van der Waals surface area (Å²) in [6.45, 7) is 2.37. The van der Waals surface area contributed by atoms with E-state index < -0.39 is 15.6 Å². The average Bonchev–Trinajstić information content (AvgIpc) is 2.34. The van der Waals surface area contributed by atoms with Crippen LogP contribution in [0.15, 0.2) is 23.1 Å². The summed E-state index contributed by atoms with van der Waals surface area (Å²) in [7, 11) is -2.21. The number of aliphatic hydroxyl groups is 1. The van der Waals surface area contributed by atoms with Crippen LogP contribution in [-0.4, -0.2) is 39.4 Å². The maximum absolute atomic E-state index is 11.2. The predicted octanol–water partition coefficient (Wildman–Crippen LogP) is 0.116. The highest BCUT2D eigenvalue weighted by atomic mass is 32.2. The smallest absolute Gasteiger partial charge is 0.238 e. The van der Waals surface area contributed by atoms with Gasteiger partial charge in [0.25, 0.3) is 0 Å². The first-order chi connectivity index (χ1) is 9.15. The van der Waals surface area contributed by atoms with E-state index in [-0.39, 0.29) is 17.1 Å². The molecule has 0 aliphatic carbocycles. The van der Waals surface area contributed by atoms with Gasteiger partial charge in [0.05, 0.1) is 21.9 Å². The lowest BCUT2D eigenvalue weighted by Gasteiger charge is -2.24. The van der Waals surface area contributed by atoms with Crippen molar-refractivity contribution in [2.24, 2.45) is 5.14 Å². The molecule has 1 aromatic rings. The number of rotatable bonds is 7. The van der Waals surface area contributed by atoms with Crippen molar-refractivity contribution in [3.05, 3.63) is 18.2 Å². The van der Waals surface area contributed by atoms with Crippen LogP contribution in [0.5, 0.6) is 0 Å². The second-order valence-corrected chi connectivity index (χ2v) is 6.45. The highest BCUT2D eigenvalue weighted by Gasteiger charge is 2.20. The lowest BCUT2D eigenvalue weighted by molar-refractivity contribution is 0.0358. The molecule has 0 amide bonds. The third-order valence-corrected chi connectivity index (χ3v) is 3.77. The number of anilines is 2. The molecular formula is C12H21N3O4S. The first kappa shape index (κ1) is 16.7. The number of sulfonamides is 1.